The zero-order chi connectivity index (χ0) is 17.6. The van der Waals surface area contributed by atoms with E-state index in [-0.39, 0.29) is 5.91 Å². The zero-order valence-electron chi connectivity index (χ0n) is 14.6. The van der Waals surface area contributed by atoms with Crippen molar-refractivity contribution in [3.8, 4) is 22.5 Å². The van der Waals surface area contributed by atoms with Crippen LogP contribution >= 0.6 is 0 Å². The van der Waals surface area contributed by atoms with Crippen LogP contribution in [0.5, 0.6) is 0 Å². The van der Waals surface area contributed by atoms with Gasteiger partial charge in [-0.1, -0.05) is 63.2 Å². The third kappa shape index (κ3) is 2.52. The van der Waals surface area contributed by atoms with Crippen LogP contribution < -0.4 is 4.90 Å². The van der Waals surface area contributed by atoms with Gasteiger partial charge in [0.2, 0.25) is 5.91 Å². The number of aromatic nitrogens is 3. The monoisotopic (exact) mass is 332 g/mol. The van der Waals surface area contributed by atoms with E-state index in [0.29, 0.717) is 6.54 Å². The van der Waals surface area contributed by atoms with E-state index in [9.17, 15) is 4.79 Å². The van der Waals surface area contributed by atoms with Crippen LogP contribution in [0.3, 0.4) is 0 Å². The van der Waals surface area contributed by atoms with Crippen molar-refractivity contribution in [3.63, 3.8) is 0 Å². The lowest BCUT2D eigenvalue weighted by atomic mass is 9.91. The number of benzene rings is 2. The maximum atomic E-state index is 13.2. The molecular weight excluding hydrogens is 312 g/mol. The number of nitrogens with one attached hydrogen (secondary N) is 1. The Labute approximate surface area is 146 Å². The van der Waals surface area contributed by atoms with Gasteiger partial charge in [0.15, 0.2) is 0 Å². The molecular formula is C20H20N4O. The largest absolute Gasteiger partial charge is 0.307 e. The van der Waals surface area contributed by atoms with Crippen molar-refractivity contribution in [2.75, 3.05) is 4.90 Å². The Morgan fingerprint density at radius 2 is 1.56 bits per heavy atom. The summed E-state index contributed by atoms with van der Waals surface area (Å²) in [5.41, 5.74) is 4.97. The Kier molecular flexibility index (Phi) is 3.46. The van der Waals surface area contributed by atoms with Crippen molar-refractivity contribution in [2.45, 2.75) is 27.3 Å². The van der Waals surface area contributed by atoms with Crippen molar-refractivity contribution < 1.29 is 4.79 Å². The second kappa shape index (κ2) is 5.55. The molecule has 2 aromatic carbocycles. The fourth-order valence-electron chi connectivity index (χ4n) is 3.25. The minimum absolute atomic E-state index is 0.0849. The number of rotatable bonds is 0. The molecule has 3 aromatic rings. The highest BCUT2D eigenvalue weighted by molar-refractivity contribution is 6.02. The molecule has 1 N–H and O–H groups in total. The number of amides is 1. The second-order valence-corrected chi connectivity index (χ2v) is 7.34. The minimum atomic E-state index is -0.478. The van der Waals surface area contributed by atoms with Crippen LogP contribution in [0.2, 0.25) is 0 Å². The van der Waals surface area contributed by atoms with Gasteiger partial charge in [-0.25, -0.2) is 0 Å². The summed E-state index contributed by atoms with van der Waals surface area (Å²) in [4.78, 5) is 15.1. The van der Waals surface area contributed by atoms with Crippen LogP contribution in [0.25, 0.3) is 22.5 Å². The molecule has 5 nitrogen and oxygen atoms in total. The Morgan fingerprint density at radius 3 is 2.28 bits per heavy atom. The molecule has 1 aliphatic rings. The smallest absolute Gasteiger partial charge is 0.232 e. The molecule has 0 radical (unpaired) electrons. The van der Waals surface area contributed by atoms with E-state index in [0.717, 1.165) is 33.8 Å². The number of anilines is 1. The van der Waals surface area contributed by atoms with Crippen LogP contribution in [0.15, 0.2) is 48.5 Å². The maximum Gasteiger partial charge on any atom is 0.232 e. The van der Waals surface area contributed by atoms with Crippen molar-refractivity contribution in [1.29, 1.82) is 0 Å². The van der Waals surface area contributed by atoms with Crippen molar-refractivity contribution in [2.24, 2.45) is 5.41 Å². The summed E-state index contributed by atoms with van der Waals surface area (Å²) >= 11 is 0. The average molecular weight is 332 g/mol. The summed E-state index contributed by atoms with van der Waals surface area (Å²) in [7, 11) is 0. The molecule has 4 rings (SSSR count). The number of para-hydroxylation sites is 1. The summed E-state index contributed by atoms with van der Waals surface area (Å²) in [6, 6.07) is 15.9. The second-order valence-electron chi connectivity index (χ2n) is 7.34. The predicted octanol–water partition coefficient (Wildman–Crippen LogP) is 4.03. The fourth-order valence-corrected chi connectivity index (χ4v) is 3.25. The van der Waals surface area contributed by atoms with Gasteiger partial charge >= 0.3 is 0 Å². The third-order valence-corrected chi connectivity index (χ3v) is 4.49. The van der Waals surface area contributed by atoms with Gasteiger partial charge in [-0.15, -0.1) is 0 Å². The first-order valence-electron chi connectivity index (χ1n) is 8.37. The molecule has 1 aliphatic heterocycles. The number of aromatic amines is 1. The molecule has 0 saturated carbocycles. The van der Waals surface area contributed by atoms with Crippen molar-refractivity contribution in [3.05, 3.63) is 54.1 Å². The van der Waals surface area contributed by atoms with Gasteiger partial charge in [-0.3, -0.25) is 4.79 Å². The lowest BCUT2D eigenvalue weighted by Gasteiger charge is -2.32. The highest BCUT2D eigenvalue weighted by Crippen LogP contribution is 2.40. The number of H-pyrrole nitrogens is 1. The number of fused-ring (bicyclic) bond motifs is 5. The molecule has 25 heavy (non-hydrogen) atoms. The molecule has 0 saturated heterocycles. The van der Waals surface area contributed by atoms with Crippen LogP contribution in [-0.4, -0.2) is 21.3 Å². The Morgan fingerprint density at radius 1 is 0.960 bits per heavy atom. The quantitative estimate of drug-likeness (QED) is 0.676. The molecule has 0 bridgehead atoms. The molecule has 0 spiro atoms. The third-order valence-electron chi connectivity index (χ3n) is 4.49. The van der Waals surface area contributed by atoms with E-state index in [1.807, 2.05) is 74.2 Å². The van der Waals surface area contributed by atoms with Gasteiger partial charge in [0, 0.05) is 16.5 Å². The van der Waals surface area contributed by atoms with E-state index in [1.165, 1.54) is 0 Å². The number of carbonyl (C=O) groups is 1. The maximum absolute atomic E-state index is 13.2. The summed E-state index contributed by atoms with van der Waals surface area (Å²) < 4.78 is 0. The highest BCUT2D eigenvalue weighted by atomic mass is 16.2. The highest BCUT2D eigenvalue weighted by Gasteiger charge is 2.32. The SMILES string of the molecule is CC(C)(C)C(=O)N1Cc2ccccc2-c2n[nH]nc2-c2ccccc21. The van der Waals surface area contributed by atoms with E-state index >= 15 is 0 Å². The topological polar surface area (TPSA) is 61.9 Å². The fraction of sp³-hybridized carbons (Fsp3) is 0.250. The van der Waals surface area contributed by atoms with Crippen LogP contribution in [0.4, 0.5) is 5.69 Å². The number of nitrogens with zero attached hydrogens (tertiary/aromatic N) is 3. The summed E-state index contributed by atoms with van der Waals surface area (Å²) in [6.07, 6.45) is 0. The zero-order valence-corrected chi connectivity index (χ0v) is 14.6. The first kappa shape index (κ1) is 15.6. The molecule has 0 aliphatic carbocycles. The van der Waals surface area contributed by atoms with Gasteiger partial charge < -0.3 is 4.90 Å². The van der Waals surface area contributed by atoms with Gasteiger partial charge in [0.1, 0.15) is 11.4 Å². The van der Waals surface area contributed by atoms with Crippen LogP contribution in [0.1, 0.15) is 26.3 Å². The van der Waals surface area contributed by atoms with E-state index in [1.54, 1.807) is 0 Å². The predicted molar refractivity (Wildman–Crippen MR) is 97.9 cm³/mol. The minimum Gasteiger partial charge on any atom is -0.307 e. The molecule has 5 heteroatoms. The molecule has 1 amide bonds. The summed E-state index contributed by atoms with van der Waals surface area (Å²) in [6.45, 7) is 6.36. The lowest BCUT2D eigenvalue weighted by molar-refractivity contribution is -0.125. The lowest BCUT2D eigenvalue weighted by Crippen LogP contribution is -2.39. The first-order valence-corrected chi connectivity index (χ1v) is 8.37. The molecule has 126 valence electrons. The molecule has 2 heterocycles. The first-order chi connectivity index (χ1) is 12.0. The van der Waals surface area contributed by atoms with E-state index in [2.05, 4.69) is 15.4 Å². The van der Waals surface area contributed by atoms with Crippen molar-refractivity contribution in [1.82, 2.24) is 15.4 Å². The van der Waals surface area contributed by atoms with Crippen molar-refractivity contribution >= 4 is 11.6 Å². The van der Waals surface area contributed by atoms with Gasteiger partial charge in [-0.05, 0) is 11.6 Å². The Hall–Kier alpha value is -2.95. The molecule has 0 fully saturated rings. The summed E-state index contributed by atoms with van der Waals surface area (Å²) in [5, 5.41) is 11.5. The number of carbonyl (C=O) groups excluding carboxylic acids is 1. The number of hydrogen-bond donors (Lipinski definition) is 1. The van der Waals surface area contributed by atoms with Gasteiger partial charge in [0.05, 0.1) is 12.2 Å². The van der Waals surface area contributed by atoms with E-state index in [4.69, 9.17) is 0 Å². The Balaban J connectivity index is 2.02. The van der Waals surface area contributed by atoms with Crippen LogP contribution in [-0.2, 0) is 11.3 Å². The molecule has 1 aromatic heterocycles. The van der Waals surface area contributed by atoms with Crippen LogP contribution in [0, 0.1) is 5.41 Å². The standard InChI is InChI=1S/C20H20N4O/c1-20(2,3)19(25)24-12-13-8-4-5-9-14(13)17-18(22-23-21-17)15-10-6-7-11-16(15)24/h4-11H,12H2,1-3H3,(H,21,22,23). The normalized spacial score (nSPS) is 13.3. The van der Waals surface area contributed by atoms with E-state index < -0.39 is 5.41 Å². The molecule has 0 atom stereocenters. The van der Waals surface area contributed by atoms with Gasteiger partial charge in [-0.2, -0.15) is 15.4 Å². The molecule has 0 unspecified atom stereocenters. The average Bonchev–Trinajstić information content (AvgIpc) is 3.06. The summed E-state index contributed by atoms with van der Waals surface area (Å²) in [5.74, 6) is 0.0849. The van der Waals surface area contributed by atoms with Gasteiger partial charge in [0.25, 0.3) is 0 Å². The Bertz CT molecular complexity index is 952. The number of hydrogen-bond acceptors (Lipinski definition) is 3.